The fourth-order valence-electron chi connectivity index (χ4n) is 4.34. The van der Waals surface area contributed by atoms with Crippen LogP contribution in [0.25, 0.3) is 0 Å². The summed E-state index contributed by atoms with van der Waals surface area (Å²) in [6.45, 7) is 4.42. The molecule has 4 rings (SSSR count). The minimum absolute atomic E-state index is 0.0364. The number of benzene rings is 1. The predicted molar refractivity (Wildman–Crippen MR) is 128 cm³/mol. The van der Waals surface area contributed by atoms with Crippen LogP contribution in [-0.4, -0.2) is 42.9 Å². The van der Waals surface area contributed by atoms with E-state index in [1.807, 2.05) is 24.4 Å². The lowest BCUT2D eigenvalue weighted by atomic mass is 9.74. The Balaban J connectivity index is 1.37. The zero-order valence-corrected chi connectivity index (χ0v) is 18.8. The van der Waals surface area contributed by atoms with Gasteiger partial charge in [0.1, 0.15) is 5.82 Å². The first kappa shape index (κ1) is 21.3. The molecule has 2 aliphatic rings. The first-order chi connectivity index (χ1) is 14.6. The van der Waals surface area contributed by atoms with Gasteiger partial charge in [0.25, 0.3) is 0 Å². The average molecular weight is 445 g/mol. The molecule has 0 bridgehead atoms. The Morgan fingerprint density at radius 2 is 1.93 bits per heavy atom. The van der Waals surface area contributed by atoms with Crippen LogP contribution in [0.3, 0.4) is 0 Å². The normalized spacial score (nSPS) is 18.6. The summed E-state index contributed by atoms with van der Waals surface area (Å²) < 4.78 is 5.62. The van der Waals surface area contributed by atoms with Gasteiger partial charge in [-0.1, -0.05) is 23.7 Å². The van der Waals surface area contributed by atoms with E-state index in [0.29, 0.717) is 5.11 Å². The summed E-state index contributed by atoms with van der Waals surface area (Å²) in [6, 6.07) is 12.3. The van der Waals surface area contributed by atoms with E-state index in [-0.39, 0.29) is 5.41 Å². The van der Waals surface area contributed by atoms with Crippen molar-refractivity contribution < 1.29 is 4.74 Å². The third-order valence-corrected chi connectivity index (χ3v) is 6.64. The highest BCUT2D eigenvalue weighted by atomic mass is 35.5. The Bertz CT molecular complexity index is 849. The first-order valence-electron chi connectivity index (χ1n) is 10.7. The Morgan fingerprint density at radius 1 is 1.13 bits per heavy atom. The van der Waals surface area contributed by atoms with Crippen molar-refractivity contribution in [3.63, 3.8) is 0 Å². The third kappa shape index (κ3) is 5.23. The molecule has 0 unspecified atom stereocenters. The molecule has 2 aliphatic heterocycles. The van der Waals surface area contributed by atoms with Crippen molar-refractivity contribution in [3.8, 4) is 0 Å². The second kappa shape index (κ2) is 9.94. The maximum Gasteiger partial charge on any atom is 0.170 e. The molecule has 0 radical (unpaired) electrons. The van der Waals surface area contributed by atoms with E-state index in [0.717, 1.165) is 62.2 Å². The van der Waals surface area contributed by atoms with Crippen molar-refractivity contribution in [2.75, 3.05) is 43.1 Å². The van der Waals surface area contributed by atoms with Gasteiger partial charge in [0.2, 0.25) is 0 Å². The summed E-state index contributed by atoms with van der Waals surface area (Å²) in [5, 5.41) is 8.06. The average Bonchev–Trinajstić information content (AvgIpc) is 2.79. The van der Waals surface area contributed by atoms with Gasteiger partial charge in [0.05, 0.1) is 11.9 Å². The highest BCUT2D eigenvalue weighted by molar-refractivity contribution is 7.80. The van der Waals surface area contributed by atoms with E-state index >= 15 is 0 Å². The van der Waals surface area contributed by atoms with Crippen molar-refractivity contribution in [1.29, 1.82) is 0 Å². The molecule has 1 aromatic heterocycles. The lowest BCUT2D eigenvalue weighted by Gasteiger charge is -2.38. The maximum absolute atomic E-state index is 6.26. The number of halogens is 1. The molecule has 0 aliphatic carbocycles. The number of pyridine rings is 1. The molecular formula is C23H29ClN4OS. The molecule has 3 heterocycles. The molecule has 0 saturated carbocycles. The number of hydrogen-bond acceptors (Lipinski definition) is 4. The number of nitrogens with zero attached hydrogens (tertiary/aromatic N) is 2. The van der Waals surface area contributed by atoms with Crippen molar-refractivity contribution in [2.24, 2.45) is 0 Å². The van der Waals surface area contributed by atoms with Crippen LogP contribution in [0.1, 0.15) is 37.7 Å². The van der Waals surface area contributed by atoms with E-state index in [1.54, 1.807) is 0 Å². The second-order valence-corrected chi connectivity index (χ2v) is 9.01. The van der Waals surface area contributed by atoms with Crippen LogP contribution in [0.5, 0.6) is 0 Å². The summed E-state index contributed by atoms with van der Waals surface area (Å²) >= 11 is 11.8. The number of ether oxygens (including phenoxy) is 1. The van der Waals surface area contributed by atoms with Gasteiger partial charge in [-0.3, -0.25) is 0 Å². The fraction of sp³-hybridized carbons (Fsp3) is 0.478. The number of aromatic nitrogens is 1. The van der Waals surface area contributed by atoms with Crippen LogP contribution in [0.15, 0.2) is 42.6 Å². The van der Waals surface area contributed by atoms with Crippen LogP contribution in [0, 0.1) is 0 Å². The standard InChI is InChI=1S/C23H29ClN4OS/c24-19-6-4-5-18(15-19)23(9-13-29-14-10-23)17-26-22(30)27-20-7-8-21(25-16-20)28-11-2-1-3-12-28/h4-8,15-16H,1-3,9-14,17H2,(H2,26,27,30). The van der Waals surface area contributed by atoms with E-state index < -0.39 is 0 Å². The zero-order valence-electron chi connectivity index (χ0n) is 17.2. The Morgan fingerprint density at radius 3 is 2.63 bits per heavy atom. The number of anilines is 2. The van der Waals surface area contributed by atoms with Crippen LogP contribution in [0.2, 0.25) is 5.02 Å². The van der Waals surface area contributed by atoms with Crippen molar-refractivity contribution >= 4 is 40.4 Å². The van der Waals surface area contributed by atoms with E-state index in [1.165, 1.54) is 24.8 Å². The third-order valence-electron chi connectivity index (χ3n) is 6.16. The van der Waals surface area contributed by atoms with Gasteiger partial charge >= 0.3 is 0 Å². The van der Waals surface area contributed by atoms with Gasteiger partial charge in [-0.05, 0) is 74.2 Å². The minimum Gasteiger partial charge on any atom is -0.381 e. The molecule has 2 N–H and O–H groups in total. The first-order valence-corrected chi connectivity index (χ1v) is 11.5. The number of piperidine rings is 1. The molecule has 2 saturated heterocycles. The predicted octanol–water partition coefficient (Wildman–Crippen LogP) is 4.76. The summed E-state index contributed by atoms with van der Waals surface area (Å²) in [7, 11) is 0. The topological polar surface area (TPSA) is 49.4 Å². The molecule has 2 fully saturated rings. The Hall–Kier alpha value is -1.89. The second-order valence-electron chi connectivity index (χ2n) is 8.16. The largest absolute Gasteiger partial charge is 0.381 e. The fourth-order valence-corrected chi connectivity index (χ4v) is 4.72. The minimum atomic E-state index is -0.0364. The van der Waals surface area contributed by atoms with Crippen LogP contribution in [0.4, 0.5) is 11.5 Å². The van der Waals surface area contributed by atoms with Crippen molar-refractivity contribution in [2.45, 2.75) is 37.5 Å². The van der Waals surface area contributed by atoms with Crippen LogP contribution < -0.4 is 15.5 Å². The van der Waals surface area contributed by atoms with E-state index in [2.05, 4.69) is 38.7 Å². The van der Waals surface area contributed by atoms with Gasteiger partial charge in [-0.25, -0.2) is 4.98 Å². The van der Waals surface area contributed by atoms with Crippen molar-refractivity contribution in [3.05, 3.63) is 53.2 Å². The van der Waals surface area contributed by atoms with Crippen LogP contribution >= 0.6 is 23.8 Å². The number of thiocarbonyl (C=S) groups is 1. The molecule has 160 valence electrons. The molecule has 0 amide bonds. The maximum atomic E-state index is 6.26. The van der Waals surface area contributed by atoms with Gasteiger partial charge in [-0.2, -0.15) is 0 Å². The number of nitrogens with one attached hydrogen (secondary N) is 2. The monoisotopic (exact) mass is 444 g/mol. The molecular weight excluding hydrogens is 416 g/mol. The molecule has 7 heteroatoms. The van der Waals surface area contributed by atoms with E-state index in [9.17, 15) is 0 Å². The van der Waals surface area contributed by atoms with Crippen molar-refractivity contribution in [1.82, 2.24) is 10.3 Å². The zero-order chi connectivity index (χ0) is 20.8. The molecule has 0 atom stereocenters. The SMILES string of the molecule is S=C(NCC1(c2cccc(Cl)c2)CCOCC1)Nc1ccc(N2CCCCC2)nc1. The lowest BCUT2D eigenvalue weighted by Crippen LogP contribution is -2.45. The molecule has 1 aromatic carbocycles. The molecule has 30 heavy (non-hydrogen) atoms. The number of hydrogen-bond donors (Lipinski definition) is 2. The number of rotatable bonds is 5. The van der Waals surface area contributed by atoms with Gasteiger partial charge < -0.3 is 20.3 Å². The van der Waals surface area contributed by atoms with Gasteiger partial charge in [-0.15, -0.1) is 0 Å². The van der Waals surface area contributed by atoms with Crippen LogP contribution in [-0.2, 0) is 10.2 Å². The smallest absolute Gasteiger partial charge is 0.170 e. The Labute approximate surface area is 189 Å². The molecule has 5 nitrogen and oxygen atoms in total. The highest BCUT2D eigenvalue weighted by Crippen LogP contribution is 2.35. The van der Waals surface area contributed by atoms with Gasteiger partial charge in [0.15, 0.2) is 5.11 Å². The summed E-state index contributed by atoms with van der Waals surface area (Å²) in [5.74, 6) is 1.04. The molecule has 2 aromatic rings. The summed E-state index contributed by atoms with van der Waals surface area (Å²) in [4.78, 5) is 6.97. The highest BCUT2D eigenvalue weighted by Gasteiger charge is 2.34. The van der Waals surface area contributed by atoms with Gasteiger partial charge in [0, 0.05) is 43.3 Å². The summed E-state index contributed by atoms with van der Waals surface area (Å²) in [5.41, 5.74) is 2.10. The molecule has 0 spiro atoms. The summed E-state index contributed by atoms with van der Waals surface area (Å²) in [6.07, 6.45) is 7.55. The van der Waals surface area contributed by atoms with E-state index in [4.69, 9.17) is 28.6 Å². The lowest BCUT2D eigenvalue weighted by molar-refractivity contribution is 0.0515. The Kier molecular flexibility index (Phi) is 7.08. The quantitative estimate of drug-likeness (QED) is 0.648.